The number of hydrogen-bond acceptors (Lipinski definition) is 4. The van der Waals surface area contributed by atoms with E-state index in [4.69, 9.17) is 0 Å². The SMILES string of the molecule is CC(C=NNC(=O)c1ccc(C(=O)NN=CC(C)c2ccccc2)cc1)c1ccccc1. The van der Waals surface area contributed by atoms with Crippen molar-refractivity contribution in [2.45, 2.75) is 25.7 Å². The summed E-state index contributed by atoms with van der Waals surface area (Å²) in [6, 6.07) is 26.1. The van der Waals surface area contributed by atoms with E-state index >= 15 is 0 Å². The Morgan fingerprint density at radius 2 is 0.969 bits per heavy atom. The molecule has 162 valence electrons. The third-order valence-corrected chi connectivity index (χ3v) is 4.99. The molecule has 2 unspecified atom stereocenters. The molecule has 3 aromatic carbocycles. The highest BCUT2D eigenvalue weighted by Gasteiger charge is 2.09. The lowest BCUT2D eigenvalue weighted by Crippen LogP contribution is -2.20. The van der Waals surface area contributed by atoms with Crippen LogP contribution in [0.2, 0.25) is 0 Å². The van der Waals surface area contributed by atoms with Crippen LogP contribution in [-0.4, -0.2) is 24.2 Å². The van der Waals surface area contributed by atoms with E-state index in [0.717, 1.165) is 11.1 Å². The molecule has 6 nitrogen and oxygen atoms in total. The maximum absolute atomic E-state index is 12.3. The molecule has 0 radical (unpaired) electrons. The molecule has 0 heterocycles. The van der Waals surface area contributed by atoms with Gasteiger partial charge in [-0.25, -0.2) is 10.9 Å². The number of benzene rings is 3. The van der Waals surface area contributed by atoms with Crippen LogP contribution in [0.5, 0.6) is 0 Å². The number of amides is 2. The Bertz CT molecular complexity index is 989. The lowest BCUT2D eigenvalue weighted by Gasteiger charge is -2.06. The molecule has 0 saturated carbocycles. The van der Waals surface area contributed by atoms with Crippen LogP contribution in [0.15, 0.2) is 95.1 Å². The average Bonchev–Trinajstić information content (AvgIpc) is 2.85. The summed E-state index contributed by atoms with van der Waals surface area (Å²) in [7, 11) is 0. The van der Waals surface area contributed by atoms with E-state index in [0.29, 0.717) is 11.1 Å². The number of carbonyl (C=O) groups is 2. The van der Waals surface area contributed by atoms with Gasteiger partial charge in [0.05, 0.1) is 0 Å². The van der Waals surface area contributed by atoms with Gasteiger partial charge in [-0.05, 0) is 35.4 Å². The number of hydrazone groups is 2. The fourth-order valence-corrected chi connectivity index (χ4v) is 3.00. The third-order valence-electron chi connectivity index (χ3n) is 4.99. The minimum Gasteiger partial charge on any atom is -0.267 e. The van der Waals surface area contributed by atoms with Gasteiger partial charge in [-0.15, -0.1) is 0 Å². The zero-order valence-electron chi connectivity index (χ0n) is 18.1. The molecule has 0 saturated heterocycles. The standard InChI is InChI=1S/C26H26N4O2/c1-19(21-9-5-3-6-10-21)17-27-29-25(31)23-13-15-24(16-14-23)26(32)30-28-18-20(2)22-11-7-4-8-12-22/h3-20H,1-2H3,(H,29,31)(H,30,32). The number of nitrogens with zero attached hydrogens (tertiary/aromatic N) is 2. The van der Waals surface area contributed by atoms with E-state index in [1.807, 2.05) is 74.5 Å². The van der Waals surface area contributed by atoms with Crippen molar-refractivity contribution in [3.05, 3.63) is 107 Å². The van der Waals surface area contributed by atoms with Crippen LogP contribution in [0.3, 0.4) is 0 Å². The van der Waals surface area contributed by atoms with Gasteiger partial charge < -0.3 is 0 Å². The van der Waals surface area contributed by atoms with Crippen molar-refractivity contribution >= 4 is 24.2 Å². The molecule has 32 heavy (non-hydrogen) atoms. The Labute approximate surface area is 188 Å². The molecule has 3 aromatic rings. The predicted octanol–water partition coefficient (Wildman–Crippen LogP) is 4.73. The second-order valence-corrected chi connectivity index (χ2v) is 7.41. The summed E-state index contributed by atoms with van der Waals surface area (Å²) in [4.78, 5) is 24.6. The number of carbonyl (C=O) groups excluding carboxylic acids is 2. The fraction of sp³-hybridized carbons (Fsp3) is 0.154. The highest BCUT2D eigenvalue weighted by Crippen LogP contribution is 2.12. The van der Waals surface area contributed by atoms with Crippen LogP contribution < -0.4 is 10.9 Å². The normalized spacial score (nSPS) is 13.1. The maximum atomic E-state index is 12.3. The van der Waals surface area contributed by atoms with Gasteiger partial charge in [0.15, 0.2) is 0 Å². The minimum atomic E-state index is -0.344. The fourth-order valence-electron chi connectivity index (χ4n) is 3.00. The van der Waals surface area contributed by atoms with E-state index in [-0.39, 0.29) is 23.7 Å². The van der Waals surface area contributed by atoms with Crippen molar-refractivity contribution in [3.8, 4) is 0 Å². The van der Waals surface area contributed by atoms with E-state index in [1.54, 1.807) is 36.7 Å². The molecule has 2 amide bonds. The predicted molar refractivity (Wildman–Crippen MR) is 128 cm³/mol. The third kappa shape index (κ3) is 6.47. The van der Waals surface area contributed by atoms with E-state index in [9.17, 15) is 9.59 Å². The number of nitrogens with one attached hydrogen (secondary N) is 2. The highest BCUT2D eigenvalue weighted by molar-refractivity contribution is 5.98. The van der Waals surface area contributed by atoms with E-state index in [1.165, 1.54) is 0 Å². The van der Waals surface area contributed by atoms with Crippen LogP contribution in [0.4, 0.5) is 0 Å². The molecule has 0 aromatic heterocycles. The monoisotopic (exact) mass is 426 g/mol. The number of rotatable bonds is 8. The Kier molecular flexibility index (Phi) is 8.03. The average molecular weight is 427 g/mol. The van der Waals surface area contributed by atoms with Crippen LogP contribution in [-0.2, 0) is 0 Å². The molecule has 0 bridgehead atoms. The summed E-state index contributed by atoms with van der Waals surface area (Å²) >= 11 is 0. The minimum absolute atomic E-state index is 0.0766. The molecule has 0 fully saturated rings. The smallest absolute Gasteiger partial charge is 0.267 e. The first-order chi connectivity index (χ1) is 15.5. The van der Waals surface area contributed by atoms with Crippen molar-refractivity contribution in [2.75, 3.05) is 0 Å². The molecular weight excluding hydrogens is 400 g/mol. The molecule has 2 N–H and O–H groups in total. The molecule has 0 aliphatic carbocycles. The zero-order valence-corrected chi connectivity index (χ0v) is 18.1. The van der Waals surface area contributed by atoms with Crippen molar-refractivity contribution in [1.29, 1.82) is 0 Å². The Morgan fingerprint density at radius 3 is 1.31 bits per heavy atom. The zero-order chi connectivity index (χ0) is 22.8. The first-order valence-electron chi connectivity index (χ1n) is 10.4. The summed E-state index contributed by atoms with van der Waals surface area (Å²) in [5, 5.41) is 8.08. The second kappa shape index (κ2) is 11.4. The van der Waals surface area contributed by atoms with Gasteiger partial charge in [-0.1, -0.05) is 74.5 Å². The van der Waals surface area contributed by atoms with Crippen LogP contribution in [0, 0.1) is 0 Å². The summed E-state index contributed by atoms with van der Waals surface area (Å²) < 4.78 is 0. The summed E-state index contributed by atoms with van der Waals surface area (Å²) in [6.45, 7) is 4.00. The first-order valence-corrected chi connectivity index (χ1v) is 10.4. The highest BCUT2D eigenvalue weighted by atomic mass is 16.2. The van der Waals surface area contributed by atoms with Gasteiger partial charge in [0, 0.05) is 35.4 Å². The van der Waals surface area contributed by atoms with Crippen LogP contribution >= 0.6 is 0 Å². The molecule has 6 heteroatoms. The first kappa shape index (κ1) is 22.6. The summed E-state index contributed by atoms with van der Waals surface area (Å²) in [6.07, 6.45) is 3.37. The number of hydrogen-bond donors (Lipinski definition) is 2. The quantitative estimate of drug-likeness (QED) is 0.403. The van der Waals surface area contributed by atoms with Crippen molar-refractivity contribution < 1.29 is 9.59 Å². The lowest BCUT2D eigenvalue weighted by molar-refractivity contribution is 0.0943. The summed E-state index contributed by atoms with van der Waals surface area (Å²) in [5.74, 6) is -0.535. The van der Waals surface area contributed by atoms with Gasteiger partial charge in [-0.3, -0.25) is 9.59 Å². The second-order valence-electron chi connectivity index (χ2n) is 7.41. The molecule has 2 atom stereocenters. The van der Waals surface area contributed by atoms with Crippen LogP contribution in [0.25, 0.3) is 0 Å². The van der Waals surface area contributed by atoms with Gasteiger partial charge in [0.2, 0.25) is 0 Å². The van der Waals surface area contributed by atoms with Gasteiger partial charge in [-0.2, -0.15) is 10.2 Å². The van der Waals surface area contributed by atoms with Gasteiger partial charge >= 0.3 is 0 Å². The molecule has 3 rings (SSSR count). The maximum Gasteiger partial charge on any atom is 0.271 e. The lowest BCUT2D eigenvalue weighted by atomic mass is 10.0. The molecule has 0 spiro atoms. The molecule has 0 aliphatic rings. The summed E-state index contributed by atoms with van der Waals surface area (Å²) in [5.41, 5.74) is 8.08. The van der Waals surface area contributed by atoms with Crippen molar-refractivity contribution in [3.63, 3.8) is 0 Å². The molecular formula is C26H26N4O2. The van der Waals surface area contributed by atoms with E-state index in [2.05, 4.69) is 21.1 Å². The van der Waals surface area contributed by atoms with Gasteiger partial charge in [0.1, 0.15) is 0 Å². The van der Waals surface area contributed by atoms with Crippen molar-refractivity contribution in [1.82, 2.24) is 10.9 Å². The van der Waals surface area contributed by atoms with Crippen molar-refractivity contribution in [2.24, 2.45) is 10.2 Å². The Morgan fingerprint density at radius 1 is 0.625 bits per heavy atom. The Balaban J connectivity index is 1.50. The van der Waals surface area contributed by atoms with Crippen LogP contribution in [0.1, 0.15) is 57.5 Å². The van der Waals surface area contributed by atoms with Gasteiger partial charge in [0.25, 0.3) is 11.8 Å². The molecule has 0 aliphatic heterocycles. The largest absolute Gasteiger partial charge is 0.271 e. The van der Waals surface area contributed by atoms with E-state index < -0.39 is 0 Å². The Hall–Kier alpha value is -4.06. The topological polar surface area (TPSA) is 82.9 Å².